The fourth-order valence-electron chi connectivity index (χ4n) is 3.99. The van der Waals surface area contributed by atoms with Crippen LogP contribution in [-0.4, -0.2) is 44.0 Å². The quantitative estimate of drug-likeness (QED) is 0.527. The summed E-state index contributed by atoms with van der Waals surface area (Å²) in [7, 11) is 0. The third-order valence-electron chi connectivity index (χ3n) is 5.50. The molecule has 5 rings (SSSR count). The SMILES string of the molecule is Cc1cc(C)n(-c2ccc(N3CCCC(C(=O)Nc4nc5ccccc5s4)C3)nn2)n1. The monoisotopic (exact) mass is 433 g/mol. The average molecular weight is 434 g/mol. The van der Waals surface area contributed by atoms with E-state index in [1.54, 1.807) is 4.68 Å². The van der Waals surface area contributed by atoms with E-state index in [9.17, 15) is 4.79 Å². The molecule has 1 atom stereocenters. The molecule has 0 spiro atoms. The average Bonchev–Trinajstić information content (AvgIpc) is 3.35. The van der Waals surface area contributed by atoms with Crippen molar-refractivity contribution in [3.8, 4) is 5.82 Å². The number of aromatic nitrogens is 5. The van der Waals surface area contributed by atoms with Crippen molar-refractivity contribution in [2.45, 2.75) is 26.7 Å². The van der Waals surface area contributed by atoms with Crippen LogP contribution in [0.4, 0.5) is 10.9 Å². The molecule has 3 aromatic heterocycles. The number of anilines is 2. The Morgan fingerprint density at radius 2 is 1.94 bits per heavy atom. The lowest BCUT2D eigenvalue weighted by Gasteiger charge is -2.32. The Morgan fingerprint density at radius 1 is 1.13 bits per heavy atom. The van der Waals surface area contributed by atoms with Crippen LogP contribution in [-0.2, 0) is 4.79 Å². The lowest BCUT2D eigenvalue weighted by molar-refractivity contribution is -0.120. The van der Waals surface area contributed by atoms with Crippen LogP contribution in [0.2, 0.25) is 0 Å². The van der Waals surface area contributed by atoms with Gasteiger partial charge in [-0.05, 0) is 57.0 Å². The van der Waals surface area contributed by atoms with Crippen LogP contribution >= 0.6 is 11.3 Å². The third kappa shape index (κ3) is 4.00. The number of carbonyl (C=O) groups excluding carboxylic acids is 1. The largest absolute Gasteiger partial charge is 0.354 e. The van der Waals surface area contributed by atoms with Crippen LogP contribution in [0.1, 0.15) is 24.2 Å². The van der Waals surface area contributed by atoms with Gasteiger partial charge in [-0.2, -0.15) is 5.10 Å². The summed E-state index contributed by atoms with van der Waals surface area (Å²) in [5.74, 6) is 1.37. The highest BCUT2D eigenvalue weighted by atomic mass is 32.1. The van der Waals surface area contributed by atoms with E-state index >= 15 is 0 Å². The van der Waals surface area contributed by atoms with Crippen molar-refractivity contribution in [1.82, 2.24) is 25.0 Å². The number of fused-ring (bicyclic) bond motifs is 1. The number of para-hydroxylation sites is 1. The smallest absolute Gasteiger partial charge is 0.231 e. The number of thiazole rings is 1. The van der Waals surface area contributed by atoms with Gasteiger partial charge >= 0.3 is 0 Å². The van der Waals surface area contributed by atoms with Crippen LogP contribution in [0.3, 0.4) is 0 Å². The van der Waals surface area contributed by atoms with Gasteiger partial charge in [0.25, 0.3) is 0 Å². The maximum Gasteiger partial charge on any atom is 0.231 e. The fraction of sp³-hybridized carbons (Fsp3) is 0.318. The number of aryl methyl sites for hydroxylation is 2. The predicted octanol–water partition coefficient (Wildman–Crippen LogP) is 3.74. The molecule has 8 nitrogen and oxygen atoms in total. The molecule has 1 N–H and O–H groups in total. The summed E-state index contributed by atoms with van der Waals surface area (Å²) >= 11 is 1.50. The van der Waals surface area contributed by atoms with Crippen molar-refractivity contribution >= 4 is 38.4 Å². The number of piperidine rings is 1. The highest BCUT2D eigenvalue weighted by Crippen LogP contribution is 2.27. The normalized spacial score (nSPS) is 16.6. The fourth-order valence-corrected chi connectivity index (χ4v) is 4.86. The number of rotatable bonds is 4. The van der Waals surface area contributed by atoms with Gasteiger partial charge < -0.3 is 10.2 Å². The first-order valence-corrected chi connectivity index (χ1v) is 11.2. The molecule has 0 aliphatic carbocycles. The lowest BCUT2D eigenvalue weighted by Crippen LogP contribution is -2.41. The first-order valence-electron chi connectivity index (χ1n) is 10.4. The minimum absolute atomic E-state index is 0.0102. The Kier molecular flexibility index (Phi) is 5.11. The maximum absolute atomic E-state index is 12.9. The molecule has 1 fully saturated rings. The molecule has 4 aromatic rings. The molecule has 1 aliphatic heterocycles. The molecular weight excluding hydrogens is 410 g/mol. The number of hydrogen-bond acceptors (Lipinski definition) is 7. The number of carbonyl (C=O) groups is 1. The van der Waals surface area contributed by atoms with E-state index in [4.69, 9.17) is 0 Å². The van der Waals surface area contributed by atoms with E-state index in [-0.39, 0.29) is 11.8 Å². The summed E-state index contributed by atoms with van der Waals surface area (Å²) < 4.78 is 2.86. The van der Waals surface area contributed by atoms with E-state index in [0.717, 1.165) is 46.8 Å². The zero-order valence-corrected chi connectivity index (χ0v) is 18.3. The van der Waals surface area contributed by atoms with Gasteiger partial charge in [0.15, 0.2) is 16.8 Å². The Bertz CT molecular complexity index is 1200. The minimum Gasteiger partial charge on any atom is -0.354 e. The summed E-state index contributed by atoms with van der Waals surface area (Å²) in [4.78, 5) is 19.5. The van der Waals surface area contributed by atoms with E-state index in [1.807, 2.05) is 56.3 Å². The Hall–Kier alpha value is -3.33. The van der Waals surface area contributed by atoms with Crippen molar-refractivity contribution in [2.24, 2.45) is 5.92 Å². The minimum atomic E-state index is -0.113. The van der Waals surface area contributed by atoms with Crippen molar-refractivity contribution in [3.05, 3.63) is 53.9 Å². The first kappa shape index (κ1) is 19.6. The third-order valence-corrected chi connectivity index (χ3v) is 6.46. The Balaban J connectivity index is 1.27. The molecule has 1 aliphatic rings. The van der Waals surface area contributed by atoms with Crippen molar-refractivity contribution in [2.75, 3.05) is 23.3 Å². The van der Waals surface area contributed by atoms with Gasteiger partial charge in [0.05, 0.1) is 21.8 Å². The molecule has 1 saturated heterocycles. The van der Waals surface area contributed by atoms with Crippen LogP contribution in [0, 0.1) is 19.8 Å². The maximum atomic E-state index is 12.9. The van der Waals surface area contributed by atoms with Crippen LogP contribution < -0.4 is 10.2 Å². The number of hydrogen-bond donors (Lipinski definition) is 1. The molecule has 1 amide bonds. The van der Waals surface area contributed by atoms with E-state index in [2.05, 4.69) is 30.5 Å². The molecule has 9 heteroatoms. The highest BCUT2D eigenvalue weighted by Gasteiger charge is 2.27. The van der Waals surface area contributed by atoms with Crippen molar-refractivity contribution in [3.63, 3.8) is 0 Å². The van der Waals surface area contributed by atoms with Crippen LogP contribution in [0.5, 0.6) is 0 Å². The Morgan fingerprint density at radius 3 is 2.68 bits per heavy atom. The van der Waals surface area contributed by atoms with E-state index in [0.29, 0.717) is 17.5 Å². The van der Waals surface area contributed by atoms with E-state index < -0.39 is 0 Å². The van der Waals surface area contributed by atoms with Gasteiger partial charge in [-0.3, -0.25) is 4.79 Å². The van der Waals surface area contributed by atoms with Gasteiger partial charge in [-0.15, -0.1) is 10.2 Å². The topological polar surface area (TPSA) is 88.8 Å². The van der Waals surface area contributed by atoms with Gasteiger partial charge in [0.2, 0.25) is 5.91 Å². The molecule has 0 saturated carbocycles. The second-order valence-electron chi connectivity index (χ2n) is 7.85. The first-order chi connectivity index (χ1) is 15.1. The predicted molar refractivity (Wildman–Crippen MR) is 122 cm³/mol. The van der Waals surface area contributed by atoms with Crippen molar-refractivity contribution < 1.29 is 4.79 Å². The standard InChI is InChI=1S/C22H23N7OS/c1-14-12-15(2)29(27-14)20-10-9-19(25-26-20)28-11-5-6-16(13-28)21(30)24-22-23-17-7-3-4-8-18(17)31-22/h3-4,7-10,12,16H,5-6,11,13H2,1-2H3,(H,23,24,30). The van der Waals surface area contributed by atoms with E-state index in [1.165, 1.54) is 11.3 Å². The second-order valence-corrected chi connectivity index (χ2v) is 8.88. The molecule has 1 unspecified atom stereocenters. The summed E-state index contributed by atoms with van der Waals surface area (Å²) in [6.07, 6.45) is 1.78. The zero-order chi connectivity index (χ0) is 21.4. The van der Waals surface area contributed by atoms with Gasteiger partial charge in [0, 0.05) is 18.8 Å². The summed E-state index contributed by atoms with van der Waals surface area (Å²) in [6, 6.07) is 13.8. The molecule has 158 valence electrons. The number of amides is 1. The summed E-state index contributed by atoms with van der Waals surface area (Å²) in [5.41, 5.74) is 2.87. The number of nitrogens with one attached hydrogen (secondary N) is 1. The summed E-state index contributed by atoms with van der Waals surface area (Å²) in [6.45, 7) is 5.43. The number of nitrogens with zero attached hydrogens (tertiary/aromatic N) is 6. The highest BCUT2D eigenvalue weighted by molar-refractivity contribution is 7.22. The molecule has 0 radical (unpaired) electrons. The number of benzene rings is 1. The van der Waals surface area contributed by atoms with Gasteiger partial charge in [-0.1, -0.05) is 23.5 Å². The van der Waals surface area contributed by atoms with Gasteiger partial charge in [-0.25, -0.2) is 9.67 Å². The molecule has 4 heterocycles. The zero-order valence-electron chi connectivity index (χ0n) is 17.4. The molecule has 31 heavy (non-hydrogen) atoms. The van der Waals surface area contributed by atoms with Crippen LogP contribution in [0.25, 0.3) is 16.0 Å². The second kappa shape index (κ2) is 8.07. The lowest BCUT2D eigenvalue weighted by atomic mass is 9.97. The molecule has 0 bridgehead atoms. The Labute approximate surface area is 183 Å². The molecular formula is C22H23N7OS. The van der Waals surface area contributed by atoms with Gasteiger partial charge in [0.1, 0.15) is 0 Å². The summed E-state index contributed by atoms with van der Waals surface area (Å²) in [5, 5.41) is 16.9. The van der Waals surface area contributed by atoms with Crippen molar-refractivity contribution in [1.29, 1.82) is 0 Å². The van der Waals surface area contributed by atoms with Crippen LogP contribution in [0.15, 0.2) is 42.5 Å². The molecule has 1 aromatic carbocycles.